The highest BCUT2D eigenvalue weighted by molar-refractivity contribution is 5.96. The highest BCUT2D eigenvalue weighted by Crippen LogP contribution is 2.41. The molecule has 1 aromatic heterocycles. The Morgan fingerprint density at radius 1 is 1.29 bits per heavy atom. The molecule has 5 heteroatoms. The monoisotopic (exact) mass is 321 g/mol. The second kappa shape index (κ2) is 5.67. The van der Waals surface area contributed by atoms with E-state index < -0.39 is 0 Å². The standard InChI is InChI=1S/C19H19N3O2/c1-12-3-4-16(24-2)17-15(12)11-14-7-10-22(18(14)21-17)19(23)13-5-8-20-9-6-13/h3-6,8-9,11,18,21H,7,10H2,1-2H3. The van der Waals surface area contributed by atoms with E-state index in [4.69, 9.17) is 4.74 Å². The van der Waals surface area contributed by atoms with Gasteiger partial charge in [-0.2, -0.15) is 0 Å². The van der Waals surface area contributed by atoms with Crippen LogP contribution in [0.1, 0.15) is 27.9 Å². The third-order valence-electron chi connectivity index (χ3n) is 4.75. The predicted octanol–water partition coefficient (Wildman–Crippen LogP) is 3.08. The number of benzene rings is 1. The number of pyridine rings is 1. The minimum absolute atomic E-state index is 0.0216. The number of likely N-dealkylation sites (tertiary alicyclic amines) is 1. The smallest absolute Gasteiger partial charge is 0.255 e. The van der Waals surface area contributed by atoms with Gasteiger partial charge in [0, 0.05) is 30.1 Å². The second-order valence-electron chi connectivity index (χ2n) is 6.12. The average Bonchev–Trinajstić information content (AvgIpc) is 3.04. The maximum atomic E-state index is 12.8. The summed E-state index contributed by atoms with van der Waals surface area (Å²) >= 11 is 0. The van der Waals surface area contributed by atoms with E-state index in [0.717, 1.165) is 23.4 Å². The number of carbonyl (C=O) groups excluding carboxylic acids is 1. The highest BCUT2D eigenvalue weighted by Gasteiger charge is 2.36. The van der Waals surface area contributed by atoms with E-state index in [1.807, 2.05) is 11.0 Å². The van der Waals surface area contributed by atoms with Crippen molar-refractivity contribution in [2.75, 3.05) is 19.0 Å². The lowest BCUT2D eigenvalue weighted by molar-refractivity contribution is 0.0760. The van der Waals surface area contributed by atoms with Crippen LogP contribution < -0.4 is 10.1 Å². The molecule has 0 aliphatic carbocycles. The Kier molecular flexibility index (Phi) is 3.49. The number of rotatable bonds is 2. The second-order valence-corrected chi connectivity index (χ2v) is 6.12. The van der Waals surface area contributed by atoms with Crippen molar-refractivity contribution in [3.63, 3.8) is 0 Å². The van der Waals surface area contributed by atoms with Gasteiger partial charge in [-0.3, -0.25) is 9.78 Å². The Morgan fingerprint density at radius 3 is 2.83 bits per heavy atom. The molecule has 1 amide bonds. The lowest BCUT2D eigenvalue weighted by atomic mass is 9.97. The van der Waals surface area contributed by atoms with E-state index in [2.05, 4.69) is 29.4 Å². The van der Waals surface area contributed by atoms with Gasteiger partial charge in [0.1, 0.15) is 11.9 Å². The minimum Gasteiger partial charge on any atom is -0.495 e. The number of methoxy groups -OCH3 is 1. The fourth-order valence-corrected chi connectivity index (χ4v) is 3.45. The van der Waals surface area contributed by atoms with Crippen molar-refractivity contribution in [1.29, 1.82) is 0 Å². The Balaban J connectivity index is 1.70. The largest absolute Gasteiger partial charge is 0.495 e. The van der Waals surface area contributed by atoms with Gasteiger partial charge >= 0.3 is 0 Å². The average molecular weight is 321 g/mol. The molecule has 1 fully saturated rings. The molecule has 2 aliphatic rings. The van der Waals surface area contributed by atoms with Gasteiger partial charge in [-0.25, -0.2) is 0 Å². The summed E-state index contributed by atoms with van der Waals surface area (Å²) < 4.78 is 5.49. The SMILES string of the molecule is COc1ccc(C)c2c1NC1C(=C2)CCN1C(=O)c1ccncc1. The van der Waals surface area contributed by atoms with Crippen molar-refractivity contribution in [1.82, 2.24) is 9.88 Å². The number of nitrogens with zero attached hydrogens (tertiary/aromatic N) is 2. The molecule has 122 valence electrons. The quantitative estimate of drug-likeness (QED) is 0.923. The number of aryl methyl sites for hydroxylation is 1. The molecule has 1 N–H and O–H groups in total. The number of anilines is 1. The summed E-state index contributed by atoms with van der Waals surface area (Å²) in [5, 5.41) is 3.52. The third kappa shape index (κ3) is 2.24. The number of hydrogen-bond donors (Lipinski definition) is 1. The van der Waals surface area contributed by atoms with Crippen molar-refractivity contribution < 1.29 is 9.53 Å². The number of nitrogens with one attached hydrogen (secondary N) is 1. The summed E-state index contributed by atoms with van der Waals surface area (Å²) in [5.74, 6) is 0.822. The Labute approximate surface area is 141 Å². The number of amides is 1. The van der Waals surface area contributed by atoms with Crippen LogP contribution in [0.25, 0.3) is 6.08 Å². The van der Waals surface area contributed by atoms with E-state index >= 15 is 0 Å². The molecular weight excluding hydrogens is 302 g/mol. The maximum absolute atomic E-state index is 12.8. The Morgan fingerprint density at radius 2 is 2.08 bits per heavy atom. The van der Waals surface area contributed by atoms with E-state index in [-0.39, 0.29) is 12.1 Å². The molecule has 1 saturated heterocycles. The van der Waals surface area contributed by atoms with Crippen molar-refractivity contribution in [3.05, 3.63) is 58.9 Å². The molecule has 0 spiro atoms. The molecule has 5 nitrogen and oxygen atoms in total. The van der Waals surface area contributed by atoms with Gasteiger partial charge in [0.2, 0.25) is 0 Å². The summed E-state index contributed by atoms with van der Waals surface area (Å²) in [5.41, 5.74) is 5.21. The van der Waals surface area contributed by atoms with Gasteiger partial charge in [0.15, 0.2) is 0 Å². The van der Waals surface area contributed by atoms with Gasteiger partial charge < -0.3 is 15.0 Å². The van der Waals surface area contributed by atoms with Gasteiger partial charge in [-0.1, -0.05) is 6.07 Å². The van der Waals surface area contributed by atoms with Crippen LogP contribution in [0.4, 0.5) is 5.69 Å². The van der Waals surface area contributed by atoms with E-state index in [1.54, 1.807) is 31.6 Å². The van der Waals surface area contributed by atoms with E-state index in [1.165, 1.54) is 11.1 Å². The van der Waals surface area contributed by atoms with Crippen LogP contribution in [0.15, 0.2) is 42.2 Å². The predicted molar refractivity (Wildman–Crippen MR) is 93.0 cm³/mol. The molecule has 1 atom stereocenters. The third-order valence-corrected chi connectivity index (χ3v) is 4.75. The van der Waals surface area contributed by atoms with Crippen LogP contribution in [0.3, 0.4) is 0 Å². The molecular formula is C19H19N3O2. The minimum atomic E-state index is -0.117. The maximum Gasteiger partial charge on any atom is 0.255 e. The molecule has 0 radical (unpaired) electrons. The summed E-state index contributed by atoms with van der Waals surface area (Å²) in [6, 6.07) is 7.53. The first-order valence-electron chi connectivity index (χ1n) is 8.04. The fourth-order valence-electron chi connectivity index (χ4n) is 3.45. The van der Waals surface area contributed by atoms with Crippen LogP contribution in [0.5, 0.6) is 5.75 Å². The molecule has 1 unspecified atom stereocenters. The summed E-state index contributed by atoms with van der Waals surface area (Å²) in [7, 11) is 1.67. The van der Waals surface area contributed by atoms with E-state index in [9.17, 15) is 4.79 Å². The van der Waals surface area contributed by atoms with Crippen LogP contribution in [0.2, 0.25) is 0 Å². The molecule has 1 aromatic carbocycles. The lowest BCUT2D eigenvalue weighted by Gasteiger charge is -2.31. The number of ether oxygens (including phenoxy) is 1. The van der Waals surface area contributed by atoms with Gasteiger partial charge in [0.25, 0.3) is 5.91 Å². The number of hydrogen-bond acceptors (Lipinski definition) is 4. The molecule has 4 rings (SSSR count). The molecule has 0 saturated carbocycles. The van der Waals surface area contributed by atoms with Crippen molar-refractivity contribution in [2.24, 2.45) is 0 Å². The normalized spacial score (nSPS) is 18.3. The van der Waals surface area contributed by atoms with Gasteiger partial charge in [0.05, 0.1) is 12.8 Å². The topological polar surface area (TPSA) is 54.5 Å². The van der Waals surface area contributed by atoms with Crippen LogP contribution in [-0.4, -0.2) is 35.6 Å². The molecule has 2 aliphatic heterocycles. The fraction of sp³-hybridized carbons (Fsp3) is 0.263. The van der Waals surface area contributed by atoms with Crippen molar-refractivity contribution >= 4 is 17.7 Å². The summed E-state index contributed by atoms with van der Waals surface area (Å²) in [4.78, 5) is 18.7. The van der Waals surface area contributed by atoms with Gasteiger partial charge in [-0.15, -0.1) is 0 Å². The zero-order chi connectivity index (χ0) is 16.7. The zero-order valence-corrected chi connectivity index (χ0v) is 13.7. The number of carbonyl (C=O) groups is 1. The first-order valence-corrected chi connectivity index (χ1v) is 8.04. The number of fused-ring (bicyclic) bond motifs is 2. The molecule has 3 heterocycles. The van der Waals surface area contributed by atoms with E-state index in [0.29, 0.717) is 12.1 Å². The lowest BCUT2D eigenvalue weighted by Crippen LogP contribution is -2.42. The van der Waals surface area contributed by atoms with Crippen LogP contribution in [-0.2, 0) is 0 Å². The number of aromatic nitrogens is 1. The molecule has 24 heavy (non-hydrogen) atoms. The van der Waals surface area contributed by atoms with Crippen molar-refractivity contribution in [2.45, 2.75) is 19.5 Å². The summed E-state index contributed by atoms with van der Waals surface area (Å²) in [6.45, 7) is 2.80. The Hall–Kier alpha value is -2.82. The summed E-state index contributed by atoms with van der Waals surface area (Å²) in [6.07, 6.45) is 6.26. The molecule has 2 aromatic rings. The highest BCUT2D eigenvalue weighted by atomic mass is 16.5. The van der Waals surface area contributed by atoms with Gasteiger partial charge in [-0.05, 0) is 48.8 Å². The first kappa shape index (κ1) is 14.8. The van der Waals surface area contributed by atoms with Crippen LogP contribution >= 0.6 is 0 Å². The molecule has 0 bridgehead atoms. The van der Waals surface area contributed by atoms with Crippen molar-refractivity contribution in [3.8, 4) is 5.75 Å². The Bertz CT molecular complexity index is 830. The first-order chi connectivity index (χ1) is 11.7. The van der Waals surface area contributed by atoms with Crippen LogP contribution in [0, 0.1) is 6.92 Å². The zero-order valence-electron chi connectivity index (χ0n) is 13.7.